The number of anilines is 2. The molecule has 0 atom stereocenters. The first kappa shape index (κ1) is 11.0. The van der Waals surface area contributed by atoms with Gasteiger partial charge in [0.15, 0.2) is 0 Å². The van der Waals surface area contributed by atoms with Gasteiger partial charge in [-0.1, -0.05) is 26.0 Å². The van der Waals surface area contributed by atoms with E-state index in [1.165, 1.54) is 5.56 Å². The topological polar surface area (TPSA) is 46.3 Å². The summed E-state index contributed by atoms with van der Waals surface area (Å²) < 4.78 is 0. The third kappa shape index (κ3) is 1.90. The first-order chi connectivity index (χ1) is 7.59. The van der Waals surface area contributed by atoms with E-state index in [0.717, 1.165) is 18.7 Å². The van der Waals surface area contributed by atoms with Gasteiger partial charge in [-0.15, -0.1) is 0 Å². The zero-order valence-corrected chi connectivity index (χ0v) is 9.86. The summed E-state index contributed by atoms with van der Waals surface area (Å²) in [5, 5.41) is 0. The van der Waals surface area contributed by atoms with Crippen LogP contribution in [-0.4, -0.2) is 12.5 Å². The lowest BCUT2D eigenvalue weighted by molar-refractivity contribution is -0.119. The highest BCUT2D eigenvalue weighted by Crippen LogP contribution is 2.34. The first-order valence-electron chi connectivity index (χ1n) is 5.77. The van der Waals surface area contributed by atoms with Crippen molar-refractivity contribution in [3.63, 3.8) is 0 Å². The molecule has 1 aliphatic heterocycles. The van der Waals surface area contributed by atoms with E-state index in [-0.39, 0.29) is 5.91 Å². The van der Waals surface area contributed by atoms with Crippen molar-refractivity contribution in [2.24, 2.45) is 5.92 Å². The third-order valence-corrected chi connectivity index (χ3v) is 2.91. The lowest BCUT2D eigenvalue weighted by Gasteiger charge is -2.19. The molecule has 0 fully saturated rings. The Morgan fingerprint density at radius 1 is 1.50 bits per heavy atom. The number of hydrogen-bond donors (Lipinski definition) is 1. The minimum absolute atomic E-state index is 0.187. The standard InChI is InChI=1S/C13H18N2O/c1-9(2)8-12(16)15-7-6-10-4-3-5-11(14)13(10)15/h3-5,9H,6-8,14H2,1-2H3. The highest BCUT2D eigenvalue weighted by Gasteiger charge is 2.26. The summed E-state index contributed by atoms with van der Waals surface area (Å²) in [4.78, 5) is 13.9. The average molecular weight is 218 g/mol. The second-order valence-electron chi connectivity index (χ2n) is 4.75. The van der Waals surface area contributed by atoms with Gasteiger partial charge in [-0.3, -0.25) is 4.79 Å². The molecule has 0 radical (unpaired) electrons. The van der Waals surface area contributed by atoms with E-state index in [4.69, 9.17) is 5.73 Å². The maximum absolute atomic E-state index is 12.0. The van der Waals surface area contributed by atoms with Crippen molar-refractivity contribution in [3.05, 3.63) is 23.8 Å². The van der Waals surface area contributed by atoms with Crippen molar-refractivity contribution < 1.29 is 4.79 Å². The predicted octanol–water partition coefficient (Wildman–Crippen LogP) is 2.20. The van der Waals surface area contributed by atoms with Crippen molar-refractivity contribution in [2.75, 3.05) is 17.2 Å². The van der Waals surface area contributed by atoms with E-state index in [2.05, 4.69) is 13.8 Å². The van der Waals surface area contributed by atoms with Gasteiger partial charge >= 0.3 is 0 Å². The van der Waals surface area contributed by atoms with Crippen LogP contribution in [0.15, 0.2) is 18.2 Å². The molecular formula is C13H18N2O. The van der Waals surface area contributed by atoms with Crippen LogP contribution in [0.2, 0.25) is 0 Å². The zero-order chi connectivity index (χ0) is 11.7. The number of benzene rings is 1. The SMILES string of the molecule is CC(C)CC(=O)N1CCc2cccc(N)c21. The molecule has 1 amide bonds. The Morgan fingerprint density at radius 3 is 2.94 bits per heavy atom. The maximum Gasteiger partial charge on any atom is 0.227 e. The molecule has 3 nitrogen and oxygen atoms in total. The number of amides is 1. The van der Waals surface area contributed by atoms with Crippen LogP contribution in [-0.2, 0) is 11.2 Å². The van der Waals surface area contributed by atoms with Gasteiger partial charge in [0.25, 0.3) is 0 Å². The number of rotatable bonds is 2. The van der Waals surface area contributed by atoms with Crippen molar-refractivity contribution in [3.8, 4) is 0 Å². The van der Waals surface area contributed by atoms with Gasteiger partial charge in [-0.05, 0) is 24.0 Å². The summed E-state index contributed by atoms with van der Waals surface area (Å²) in [6, 6.07) is 5.86. The zero-order valence-electron chi connectivity index (χ0n) is 9.86. The minimum atomic E-state index is 0.187. The molecule has 1 aromatic carbocycles. The molecule has 86 valence electrons. The van der Waals surface area contributed by atoms with Gasteiger partial charge in [0.05, 0.1) is 11.4 Å². The number of fused-ring (bicyclic) bond motifs is 1. The van der Waals surface area contributed by atoms with Crippen molar-refractivity contribution in [2.45, 2.75) is 26.7 Å². The smallest absolute Gasteiger partial charge is 0.227 e. The predicted molar refractivity (Wildman–Crippen MR) is 66.4 cm³/mol. The first-order valence-corrected chi connectivity index (χ1v) is 5.77. The second kappa shape index (κ2) is 4.16. The maximum atomic E-state index is 12.0. The molecule has 0 bridgehead atoms. The molecule has 1 heterocycles. The second-order valence-corrected chi connectivity index (χ2v) is 4.75. The number of nitrogen functional groups attached to an aromatic ring is 1. The van der Waals surface area contributed by atoms with E-state index in [0.29, 0.717) is 18.0 Å². The Labute approximate surface area is 96.2 Å². The minimum Gasteiger partial charge on any atom is -0.397 e. The summed E-state index contributed by atoms with van der Waals surface area (Å²) in [7, 11) is 0. The molecule has 1 aliphatic rings. The van der Waals surface area contributed by atoms with Crippen LogP contribution in [0.3, 0.4) is 0 Å². The van der Waals surface area contributed by atoms with Crippen LogP contribution < -0.4 is 10.6 Å². The Balaban J connectivity index is 2.26. The van der Waals surface area contributed by atoms with Crippen molar-refractivity contribution in [1.29, 1.82) is 0 Å². The Hall–Kier alpha value is -1.51. The van der Waals surface area contributed by atoms with Gasteiger partial charge in [0.2, 0.25) is 5.91 Å². The van der Waals surface area contributed by atoms with E-state index in [1.54, 1.807) is 0 Å². The summed E-state index contributed by atoms with van der Waals surface area (Å²) >= 11 is 0. The molecule has 0 aliphatic carbocycles. The van der Waals surface area contributed by atoms with Crippen molar-refractivity contribution >= 4 is 17.3 Å². The molecule has 1 aromatic rings. The molecule has 0 saturated heterocycles. The molecule has 3 heteroatoms. The van der Waals surface area contributed by atoms with Crippen LogP contribution in [0.25, 0.3) is 0 Å². The van der Waals surface area contributed by atoms with Crippen LogP contribution in [0.1, 0.15) is 25.8 Å². The van der Waals surface area contributed by atoms with Gasteiger partial charge in [-0.25, -0.2) is 0 Å². The lowest BCUT2D eigenvalue weighted by atomic mass is 10.1. The highest BCUT2D eigenvalue weighted by atomic mass is 16.2. The number of carbonyl (C=O) groups excluding carboxylic acids is 1. The summed E-state index contributed by atoms with van der Waals surface area (Å²) in [5.74, 6) is 0.577. The van der Waals surface area contributed by atoms with Gasteiger partial charge in [0, 0.05) is 13.0 Å². The molecule has 2 rings (SSSR count). The number of carbonyl (C=O) groups is 1. The summed E-state index contributed by atoms with van der Waals surface area (Å²) in [6.07, 6.45) is 1.51. The van der Waals surface area contributed by atoms with Crippen LogP contribution in [0, 0.1) is 5.92 Å². The molecule has 0 unspecified atom stereocenters. The van der Waals surface area contributed by atoms with Gasteiger partial charge in [-0.2, -0.15) is 0 Å². The summed E-state index contributed by atoms with van der Waals surface area (Å²) in [6.45, 7) is 4.89. The average Bonchev–Trinajstić information content (AvgIpc) is 2.61. The molecular weight excluding hydrogens is 200 g/mol. The third-order valence-electron chi connectivity index (χ3n) is 2.91. The molecule has 2 N–H and O–H groups in total. The molecule has 16 heavy (non-hydrogen) atoms. The highest BCUT2D eigenvalue weighted by molar-refractivity contribution is 5.98. The number of nitrogens with two attached hydrogens (primary N) is 1. The lowest BCUT2D eigenvalue weighted by Crippen LogP contribution is -2.30. The largest absolute Gasteiger partial charge is 0.397 e. The fourth-order valence-corrected chi connectivity index (χ4v) is 2.20. The van der Waals surface area contributed by atoms with Crippen LogP contribution >= 0.6 is 0 Å². The van der Waals surface area contributed by atoms with E-state index < -0.39 is 0 Å². The Bertz CT molecular complexity index is 412. The molecule has 0 aromatic heterocycles. The van der Waals surface area contributed by atoms with Crippen LogP contribution in [0.4, 0.5) is 11.4 Å². The molecule has 0 spiro atoms. The van der Waals surface area contributed by atoms with Gasteiger partial charge < -0.3 is 10.6 Å². The Morgan fingerprint density at radius 2 is 2.25 bits per heavy atom. The normalized spacial score (nSPS) is 14.3. The quantitative estimate of drug-likeness (QED) is 0.773. The number of nitrogens with zero attached hydrogens (tertiary/aromatic N) is 1. The monoisotopic (exact) mass is 218 g/mol. The van der Waals surface area contributed by atoms with E-state index in [1.807, 2.05) is 23.1 Å². The van der Waals surface area contributed by atoms with E-state index in [9.17, 15) is 4.79 Å². The van der Waals surface area contributed by atoms with Crippen molar-refractivity contribution in [1.82, 2.24) is 0 Å². The van der Waals surface area contributed by atoms with Crippen LogP contribution in [0.5, 0.6) is 0 Å². The molecule has 0 saturated carbocycles. The number of hydrogen-bond acceptors (Lipinski definition) is 2. The summed E-state index contributed by atoms with van der Waals surface area (Å²) in [5.41, 5.74) is 8.78. The fourth-order valence-electron chi connectivity index (χ4n) is 2.20. The Kier molecular flexibility index (Phi) is 2.86. The number of para-hydroxylation sites is 1. The van der Waals surface area contributed by atoms with Gasteiger partial charge in [0.1, 0.15) is 0 Å². The van der Waals surface area contributed by atoms with E-state index >= 15 is 0 Å². The fraction of sp³-hybridized carbons (Fsp3) is 0.462.